The van der Waals surface area contributed by atoms with Gasteiger partial charge < -0.3 is 4.74 Å². The largest absolute Gasteiger partial charge is 0.496 e. The summed E-state index contributed by atoms with van der Waals surface area (Å²) in [6.07, 6.45) is 0. The SMILES string of the molecule is C#N.COc1ccccc1C. The lowest BCUT2D eigenvalue weighted by Crippen LogP contribution is -1.84. The average Bonchev–Trinajstić information content (AvgIpc) is 2.09. The molecule has 0 saturated carbocycles. The maximum Gasteiger partial charge on any atom is 0.121 e. The second-order valence-corrected chi connectivity index (χ2v) is 1.97. The van der Waals surface area contributed by atoms with Gasteiger partial charge in [-0.3, -0.25) is 0 Å². The predicted octanol–water partition coefficient (Wildman–Crippen LogP) is 2.14. The molecule has 0 aliphatic rings. The van der Waals surface area contributed by atoms with Crippen LogP contribution in [0.4, 0.5) is 0 Å². The Labute approximate surface area is 67.0 Å². The molecule has 0 aromatic heterocycles. The van der Waals surface area contributed by atoms with Gasteiger partial charge in [0.25, 0.3) is 0 Å². The minimum absolute atomic E-state index is 0.956. The number of rotatable bonds is 1. The van der Waals surface area contributed by atoms with E-state index in [-0.39, 0.29) is 0 Å². The molecular weight excluding hydrogens is 138 g/mol. The second kappa shape index (κ2) is 5.31. The van der Waals surface area contributed by atoms with Crippen LogP contribution in [0.3, 0.4) is 0 Å². The summed E-state index contributed by atoms with van der Waals surface area (Å²) in [5.74, 6) is 0.956. The Bertz CT molecular complexity index is 230. The molecule has 0 fully saturated rings. The Kier molecular flexibility index (Phi) is 4.59. The van der Waals surface area contributed by atoms with Crippen LogP contribution >= 0.6 is 0 Å². The van der Waals surface area contributed by atoms with E-state index in [2.05, 4.69) is 6.57 Å². The van der Waals surface area contributed by atoms with Crippen LogP contribution in [-0.2, 0) is 0 Å². The normalized spacial score (nSPS) is 7.64. The maximum atomic E-state index is 6.50. The topological polar surface area (TPSA) is 33.0 Å². The first-order chi connectivity index (χ1) is 5.34. The van der Waals surface area contributed by atoms with E-state index >= 15 is 0 Å². The van der Waals surface area contributed by atoms with Crippen molar-refractivity contribution >= 4 is 0 Å². The summed E-state index contributed by atoms with van der Waals surface area (Å²) in [6.45, 7) is 5.53. The standard InChI is InChI=1S/C8H10O.CHN/c1-7-5-3-4-6-8(7)9-2;1-2/h3-6H,1-2H3;1H. The van der Waals surface area contributed by atoms with E-state index in [0.717, 1.165) is 5.75 Å². The van der Waals surface area contributed by atoms with E-state index in [4.69, 9.17) is 10.00 Å². The molecule has 0 spiro atoms. The number of ether oxygens (including phenoxy) is 1. The van der Waals surface area contributed by atoms with E-state index < -0.39 is 0 Å². The zero-order valence-corrected chi connectivity index (χ0v) is 6.74. The lowest BCUT2D eigenvalue weighted by Gasteiger charge is -2.00. The summed E-state index contributed by atoms with van der Waals surface area (Å²) in [6, 6.07) is 7.94. The molecule has 11 heavy (non-hydrogen) atoms. The van der Waals surface area contributed by atoms with Gasteiger partial charge in [-0.2, -0.15) is 0 Å². The molecule has 0 amide bonds. The van der Waals surface area contributed by atoms with Crippen LogP contribution in [-0.4, -0.2) is 7.11 Å². The minimum atomic E-state index is 0.956. The lowest BCUT2D eigenvalue weighted by atomic mass is 10.2. The monoisotopic (exact) mass is 149 g/mol. The molecule has 0 saturated heterocycles. The van der Waals surface area contributed by atoms with E-state index in [9.17, 15) is 0 Å². The first-order valence-electron chi connectivity index (χ1n) is 3.20. The Morgan fingerprint density at radius 3 is 2.18 bits per heavy atom. The molecule has 1 aromatic carbocycles. The summed E-state index contributed by atoms with van der Waals surface area (Å²) >= 11 is 0. The van der Waals surface area contributed by atoms with Crippen molar-refractivity contribution in [3.8, 4) is 12.3 Å². The summed E-state index contributed by atoms with van der Waals surface area (Å²) in [5, 5.41) is 6.50. The van der Waals surface area contributed by atoms with Gasteiger partial charge in [-0.25, -0.2) is 5.26 Å². The Hall–Kier alpha value is -1.49. The van der Waals surface area contributed by atoms with Crippen LogP contribution in [0.2, 0.25) is 0 Å². The fourth-order valence-corrected chi connectivity index (χ4v) is 0.785. The van der Waals surface area contributed by atoms with Gasteiger partial charge in [-0.1, -0.05) is 18.2 Å². The molecule has 0 aliphatic carbocycles. The van der Waals surface area contributed by atoms with Gasteiger partial charge in [0.15, 0.2) is 0 Å². The molecule has 0 atom stereocenters. The van der Waals surface area contributed by atoms with E-state index in [1.54, 1.807) is 7.11 Å². The van der Waals surface area contributed by atoms with Crippen molar-refractivity contribution in [1.82, 2.24) is 0 Å². The van der Waals surface area contributed by atoms with Gasteiger partial charge in [0.2, 0.25) is 0 Å². The van der Waals surface area contributed by atoms with Gasteiger partial charge in [0, 0.05) is 6.57 Å². The first kappa shape index (κ1) is 9.51. The molecule has 0 N–H and O–H groups in total. The van der Waals surface area contributed by atoms with Gasteiger partial charge in [0.05, 0.1) is 7.11 Å². The fraction of sp³-hybridized carbons (Fsp3) is 0.222. The molecule has 1 aromatic rings. The van der Waals surface area contributed by atoms with Gasteiger partial charge in [0.1, 0.15) is 5.75 Å². The zero-order valence-electron chi connectivity index (χ0n) is 6.74. The maximum absolute atomic E-state index is 6.50. The highest BCUT2D eigenvalue weighted by atomic mass is 16.5. The average molecular weight is 149 g/mol. The van der Waals surface area contributed by atoms with Crippen molar-refractivity contribution in [1.29, 1.82) is 5.26 Å². The van der Waals surface area contributed by atoms with Crippen molar-refractivity contribution in [2.45, 2.75) is 6.92 Å². The Morgan fingerprint density at radius 1 is 1.27 bits per heavy atom. The number of nitriles is 1. The quantitative estimate of drug-likeness (QED) is 0.612. The Morgan fingerprint density at radius 2 is 1.82 bits per heavy atom. The van der Waals surface area contributed by atoms with Crippen molar-refractivity contribution < 1.29 is 4.74 Å². The first-order valence-corrected chi connectivity index (χ1v) is 3.20. The van der Waals surface area contributed by atoms with Crippen LogP contribution in [0.25, 0.3) is 0 Å². The molecule has 58 valence electrons. The Balaban J connectivity index is 0.000000461. The molecule has 0 bridgehead atoms. The number of hydrogen-bond donors (Lipinski definition) is 0. The van der Waals surface area contributed by atoms with Crippen molar-refractivity contribution in [3.63, 3.8) is 0 Å². The number of benzene rings is 1. The van der Waals surface area contributed by atoms with Crippen LogP contribution in [0.1, 0.15) is 5.56 Å². The third kappa shape index (κ3) is 2.72. The van der Waals surface area contributed by atoms with Crippen LogP contribution < -0.4 is 4.74 Å². The number of nitrogens with zero attached hydrogens (tertiary/aromatic N) is 1. The summed E-state index contributed by atoms with van der Waals surface area (Å²) in [7, 11) is 1.68. The molecule has 2 heteroatoms. The van der Waals surface area contributed by atoms with Crippen LogP contribution in [0.15, 0.2) is 24.3 Å². The highest BCUT2D eigenvalue weighted by molar-refractivity contribution is 5.31. The minimum Gasteiger partial charge on any atom is -0.496 e. The zero-order chi connectivity index (χ0) is 8.69. The summed E-state index contributed by atoms with van der Waals surface area (Å²) in [5.41, 5.74) is 1.18. The number of hydrogen-bond acceptors (Lipinski definition) is 2. The highest BCUT2D eigenvalue weighted by Gasteiger charge is 1.90. The molecular formula is C9H11NO. The van der Waals surface area contributed by atoms with Crippen molar-refractivity contribution in [3.05, 3.63) is 29.8 Å². The smallest absolute Gasteiger partial charge is 0.121 e. The fourth-order valence-electron chi connectivity index (χ4n) is 0.785. The molecule has 2 nitrogen and oxygen atoms in total. The van der Waals surface area contributed by atoms with Gasteiger partial charge >= 0.3 is 0 Å². The second-order valence-electron chi connectivity index (χ2n) is 1.97. The van der Waals surface area contributed by atoms with Gasteiger partial charge in [-0.15, -0.1) is 0 Å². The molecule has 0 heterocycles. The number of para-hydroxylation sites is 1. The highest BCUT2D eigenvalue weighted by Crippen LogP contribution is 2.14. The third-order valence-electron chi connectivity index (χ3n) is 1.31. The van der Waals surface area contributed by atoms with E-state index in [0.29, 0.717) is 0 Å². The van der Waals surface area contributed by atoms with Crippen molar-refractivity contribution in [2.75, 3.05) is 7.11 Å². The molecule has 0 radical (unpaired) electrons. The summed E-state index contributed by atoms with van der Waals surface area (Å²) in [4.78, 5) is 0. The van der Waals surface area contributed by atoms with Crippen LogP contribution in [0, 0.1) is 18.8 Å². The molecule has 0 unspecified atom stereocenters. The number of methoxy groups -OCH3 is 1. The van der Waals surface area contributed by atoms with Crippen molar-refractivity contribution in [2.24, 2.45) is 0 Å². The van der Waals surface area contributed by atoms with E-state index in [1.165, 1.54) is 5.56 Å². The lowest BCUT2D eigenvalue weighted by molar-refractivity contribution is 0.411. The third-order valence-corrected chi connectivity index (χ3v) is 1.31. The van der Waals surface area contributed by atoms with Crippen LogP contribution in [0.5, 0.6) is 5.75 Å². The predicted molar refractivity (Wildman–Crippen MR) is 44.4 cm³/mol. The molecule has 0 aliphatic heterocycles. The number of aryl methyl sites for hydroxylation is 1. The van der Waals surface area contributed by atoms with Gasteiger partial charge in [-0.05, 0) is 18.6 Å². The molecule has 1 rings (SSSR count). The van der Waals surface area contributed by atoms with E-state index in [1.807, 2.05) is 31.2 Å². The summed E-state index contributed by atoms with van der Waals surface area (Å²) < 4.78 is 5.04.